The van der Waals surface area contributed by atoms with E-state index in [0.717, 1.165) is 15.1 Å². The van der Waals surface area contributed by atoms with Crippen LogP contribution in [-0.4, -0.2) is 25.4 Å². The van der Waals surface area contributed by atoms with Gasteiger partial charge in [0.05, 0.1) is 17.2 Å². The normalized spacial score (nSPS) is 10.5. The topological polar surface area (TPSA) is 38.3 Å². The van der Waals surface area contributed by atoms with Gasteiger partial charge in [-0.05, 0) is 46.3 Å². The van der Waals surface area contributed by atoms with E-state index in [2.05, 4.69) is 21.2 Å². The number of carbonyl (C=O) groups is 1. The maximum atomic E-state index is 12.5. The number of hydrogen-bond donors (Lipinski definition) is 1. The number of carbonyl (C=O) groups excluding carboxylic acids is 1. The molecule has 0 unspecified atom stereocenters. The Labute approximate surface area is 147 Å². The smallest absolute Gasteiger partial charge is 0.256 e. The first-order valence-electron chi connectivity index (χ1n) is 6.59. The number of thioether (sulfide) groups is 1. The Hall–Kier alpha value is -1.01. The first-order valence-corrected chi connectivity index (χ1v) is 8.74. The fraction of sp³-hybridized carbons (Fsp3) is 0.188. The molecule has 6 heteroatoms. The summed E-state index contributed by atoms with van der Waals surface area (Å²) in [5.74, 6) is 0.643. The van der Waals surface area contributed by atoms with Crippen molar-refractivity contribution in [1.29, 1.82) is 0 Å². The standard InChI is InChI=1S/C16H15BrClNO2S/c1-21-8-9-22-15-5-3-2-4-12(15)16(20)19-11-6-7-13(17)14(18)10-11/h2-7,10H,8-9H2,1H3,(H,19,20). The summed E-state index contributed by atoms with van der Waals surface area (Å²) >= 11 is 11.0. The Balaban J connectivity index is 2.13. The molecule has 1 N–H and O–H groups in total. The van der Waals surface area contributed by atoms with E-state index >= 15 is 0 Å². The molecule has 0 heterocycles. The summed E-state index contributed by atoms with van der Waals surface area (Å²) in [4.78, 5) is 13.4. The Bertz CT molecular complexity index is 666. The van der Waals surface area contributed by atoms with Gasteiger partial charge in [0.15, 0.2) is 0 Å². The van der Waals surface area contributed by atoms with Crippen LogP contribution < -0.4 is 5.32 Å². The van der Waals surface area contributed by atoms with E-state index in [1.807, 2.05) is 24.3 Å². The predicted octanol–water partition coefficient (Wildman–Crippen LogP) is 5.09. The van der Waals surface area contributed by atoms with Crippen molar-refractivity contribution in [3.63, 3.8) is 0 Å². The van der Waals surface area contributed by atoms with Crippen LogP contribution in [0.4, 0.5) is 5.69 Å². The molecule has 0 saturated heterocycles. The van der Waals surface area contributed by atoms with E-state index in [1.54, 1.807) is 37.1 Å². The van der Waals surface area contributed by atoms with Crippen LogP contribution in [0.25, 0.3) is 0 Å². The highest BCUT2D eigenvalue weighted by Crippen LogP contribution is 2.27. The van der Waals surface area contributed by atoms with Crippen LogP contribution in [-0.2, 0) is 4.74 Å². The number of anilines is 1. The molecule has 22 heavy (non-hydrogen) atoms. The molecule has 0 aliphatic heterocycles. The molecule has 1 amide bonds. The van der Waals surface area contributed by atoms with Crippen LogP contribution in [0.3, 0.4) is 0 Å². The molecule has 0 saturated carbocycles. The molecule has 0 aliphatic rings. The largest absolute Gasteiger partial charge is 0.384 e. The maximum absolute atomic E-state index is 12.5. The number of halogens is 2. The van der Waals surface area contributed by atoms with Crippen molar-refractivity contribution in [2.45, 2.75) is 4.90 Å². The number of nitrogens with one attached hydrogen (secondary N) is 1. The predicted molar refractivity (Wildman–Crippen MR) is 96.1 cm³/mol. The van der Waals surface area contributed by atoms with Gasteiger partial charge in [-0.15, -0.1) is 11.8 Å². The first kappa shape index (κ1) is 17.3. The number of hydrogen-bond acceptors (Lipinski definition) is 3. The summed E-state index contributed by atoms with van der Waals surface area (Å²) in [6, 6.07) is 12.8. The van der Waals surface area contributed by atoms with Crippen LogP contribution in [0.5, 0.6) is 0 Å². The van der Waals surface area contributed by atoms with Crippen molar-refractivity contribution < 1.29 is 9.53 Å². The SMILES string of the molecule is COCCSc1ccccc1C(=O)Nc1ccc(Br)c(Cl)c1. The Morgan fingerprint density at radius 3 is 2.82 bits per heavy atom. The zero-order valence-electron chi connectivity index (χ0n) is 11.9. The minimum atomic E-state index is -0.154. The second-order valence-corrected chi connectivity index (χ2v) is 6.82. The highest BCUT2D eigenvalue weighted by atomic mass is 79.9. The Morgan fingerprint density at radius 2 is 2.09 bits per heavy atom. The summed E-state index contributed by atoms with van der Waals surface area (Å²) < 4.78 is 5.84. The van der Waals surface area contributed by atoms with Crippen molar-refractivity contribution in [3.05, 3.63) is 57.5 Å². The third-order valence-corrected chi connectivity index (χ3v) is 5.12. The third kappa shape index (κ3) is 4.74. The van der Waals surface area contributed by atoms with Crippen molar-refractivity contribution in [3.8, 4) is 0 Å². The van der Waals surface area contributed by atoms with E-state index in [9.17, 15) is 4.79 Å². The lowest BCUT2D eigenvalue weighted by molar-refractivity contribution is 0.102. The number of methoxy groups -OCH3 is 1. The van der Waals surface area contributed by atoms with E-state index in [1.165, 1.54) is 0 Å². The minimum Gasteiger partial charge on any atom is -0.384 e. The van der Waals surface area contributed by atoms with Gasteiger partial charge in [0.1, 0.15) is 0 Å². The van der Waals surface area contributed by atoms with Crippen LogP contribution in [0, 0.1) is 0 Å². The number of rotatable bonds is 6. The van der Waals surface area contributed by atoms with Crippen LogP contribution >= 0.6 is 39.3 Å². The maximum Gasteiger partial charge on any atom is 0.256 e. The average molecular weight is 401 g/mol. The first-order chi connectivity index (χ1) is 10.6. The number of ether oxygens (including phenoxy) is 1. The van der Waals surface area contributed by atoms with Gasteiger partial charge in [-0.2, -0.15) is 0 Å². The molecule has 0 bridgehead atoms. The molecule has 0 atom stereocenters. The molecule has 2 aromatic rings. The molecule has 116 valence electrons. The highest BCUT2D eigenvalue weighted by molar-refractivity contribution is 9.10. The van der Waals surface area contributed by atoms with Gasteiger partial charge in [0.2, 0.25) is 0 Å². The molecule has 0 radical (unpaired) electrons. The minimum absolute atomic E-state index is 0.154. The van der Waals surface area contributed by atoms with Crippen molar-refractivity contribution in [2.24, 2.45) is 0 Å². The summed E-state index contributed by atoms with van der Waals surface area (Å²) in [5, 5.41) is 3.42. The molecule has 3 nitrogen and oxygen atoms in total. The second kappa shape index (κ2) is 8.58. The summed E-state index contributed by atoms with van der Waals surface area (Å²) in [5.41, 5.74) is 1.30. The van der Waals surface area contributed by atoms with Crippen molar-refractivity contribution in [2.75, 3.05) is 24.8 Å². The molecule has 2 aromatic carbocycles. The Kier molecular flexibility index (Phi) is 6.76. The molecular weight excluding hydrogens is 386 g/mol. The monoisotopic (exact) mass is 399 g/mol. The summed E-state index contributed by atoms with van der Waals surface area (Å²) in [6.45, 7) is 0.642. The van der Waals surface area contributed by atoms with Gasteiger partial charge in [-0.1, -0.05) is 23.7 Å². The quantitative estimate of drug-likeness (QED) is 0.542. The number of amides is 1. The zero-order chi connectivity index (χ0) is 15.9. The zero-order valence-corrected chi connectivity index (χ0v) is 15.1. The van der Waals surface area contributed by atoms with E-state index in [4.69, 9.17) is 16.3 Å². The second-order valence-electron chi connectivity index (χ2n) is 4.42. The molecular formula is C16H15BrClNO2S. The third-order valence-electron chi connectivity index (χ3n) is 2.85. The number of benzene rings is 2. The van der Waals surface area contributed by atoms with Crippen LogP contribution in [0.15, 0.2) is 51.8 Å². The van der Waals surface area contributed by atoms with Crippen LogP contribution in [0.2, 0.25) is 5.02 Å². The molecule has 0 fully saturated rings. The van der Waals surface area contributed by atoms with Crippen molar-refractivity contribution >= 4 is 50.9 Å². The summed E-state index contributed by atoms with van der Waals surface area (Å²) in [7, 11) is 1.66. The molecule has 2 rings (SSSR count). The fourth-order valence-electron chi connectivity index (χ4n) is 1.79. The lowest BCUT2D eigenvalue weighted by atomic mass is 10.2. The van der Waals surface area contributed by atoms with Gasteiger partial charge in [0, 0.05) is 27.9 Å². The average Bonchev–Trinajstić information content (AvgIpc) is 2.51. The lowest BCUT2D eigenvalue weighted by Crippen LogP contribution is -2.13. The van der Waals surface area contributed by atoms with Crippen molar-refractivity contribution in [1.82, 2.24) is 0 Å². The lowest BCUT2D eigenvalue weighted by Gasteiger charge is -2.10. The van der Waals surface area contributed by atoms with Gasteiger partial charge < -0.3 is 10.1 Å². The van der Waals surface area contributed by atoms with Gasteiger partial charge in [-0.25, -0.2) is 0 Å². The van der Waals surface area contributed by atoms with E-state index in [-0.39, 0.29) is 5.91 Å². The van der Waals surface area contributed by atoms with Gasteiger partial charge in [-0.3, -0.25) is 4.79 Å². The Morgan fingerprint density at radius 1 is 1.32 bits per heavy atom. The summed E-state index contributed by atoms with van der Waals surface area (Å²) in [6.07, 6.45) is 0. The van der Waals surface area contributed by atoms with Gasteiger partial charge >= 0.3 is 0 Å². The van der Waals surface area contributed by atoms with E-state index in [0.29, 0.717) is 22.9 Å². The van der Waals surface area contributed by atoms with Gasteiger partial charge in [0.25, 0.3) is 5.91 Å². The van der Waals surface area contributed by atoms with E-state index < -0.39 is 0 Å². The molecule has 0 aliphatic carbocycles. The fourth-order valence-corrected chi connectivity index (χ4v) is 3.18. The molecule has 0 aromatic heterocycles. The highest BCUT2D eigenvalue weighted by Gasteiger charge is 2.12. The molecule has 0 spiro atoms. The van der Waals surface area contributed by atoms with Crippen LogP contribution in [0.1, 0.15) is 10.4 Å².